The lowest BCUT2D eigenvalue weighted by molar-refractivity contribution is -0.171. The van der Waals surface area contributed by atoms with Crippen molar-refractivity contribution in [2.45, 2.75) is 72.3 Å². The van der Waals surface area contributed by atoms with Gasteiger partial charge in [0, 0.05) is 0 Å². The van der Waals surface area contributed by atoms with Crippen LogP contribution in [0.3, 0.4) is 0 Å². The zero-order valence-electron chi connectivity index (χ0n) is 13.2. The molecule has 3 heteroatoms. The van der Waals surface area contributed by atoms with E-state index < -0.39 is 11.6 Å². The van der Waals surface area contributed by atoms with Gasteiger partial charge in [0.2, 0.25) is 0 Å². The Labute approximate surface area is 117 Å². The van der Waals surface area contributed by atoms with Gasteiger partial charge in [0.1, 0.15) is 0 Å². The molecule has 0 aliphatic heterocycles. The second kappa shape index (κ2) is 6.25. The monoisotopic (exact) mass is 270 g/mol. The van der Waals surface area contributed by atoms with Crippen LogP contribution in [-0.4, -0.2) is 23.3 Å². The number of carbonyl (C=O) groups is 1. The van der Waals surface area contributed by atoms with Crippen LogP contribution in [0.15, 0.2) is 0 Å². The molecular formula is C16H30O3. The molecule has 0 aromatic heterocycles. The fourth-order valence-corrected chi connectivity index (χ4v) is 3.17. The van der Waals surface area contributed by atoms with Gasteiger partial charge in [0.15, 0.2) is 5.60 Å². The maximum absolute atomic E-state index is 11.8. The molecule has 0 aromatic rings. The van der Waals surface area contributed by atoms with Gasteiger partial charge < -0.3 is 9.84 Å². The van der Waals surface area contributed by atoms with Gasteiger partial charge in [-0.25, -0.2) is 4.79 Å². The second-order valence-corrected chi connectivity index (χ2v) is 6.76. The molecule has 1 aliphatic rings. The second-order valence-electron chi connectivity index (χ2n) is 6.76. The topological polar surface area (TPSA) is 46.5 Å². The van der Waals surface area contributed by atoms with E-state index in [-0.39, 0.29) is 5.92 Å². The van der Waals surface area contributed by atoms with E-state index in [4.69, 9.17) is 4.74 Å². The maximum atomic E-state index is 11.8. The first-order valence-electron chi connectivity index (χ1n) is 7.65. The fraction of sp³-hybridized carbons (Fsp3) is 0.938. The third-order valence-electron chi connectivity index (χ3n) is 5.23. The van der Waals surface area contributed by atoms with Crippen molar-refractivity contribution in [2.75, 3.05) is 6.61 Å². The Balaban J connectivity index is 2.60. The molecular weight excluding hydrogens is 240 g/mol. The van der Waals surface area contributed by atoms with Gasteiger partial charge in [-0.05, 0) is 56.8 Å². The first-order valence-corrected chi connectivity index (χ1v) is 7.65. The van der Waals surface area contributed by atoms with E-state index in [0.717, 1.165) is 25.7 Å². The van der Waals surface area contributed by atoms with Crippen molar-refractivity contribution in [3.63, 3.8) is 0 Å². The van der Waals surface area contributed by atoms with Crippen LogP contribution in [0.1, 0.15) is 66.7 Å². The van der Waals surface area contributed by atoms with Crippen LogP contribution in [0.5, 0.6) is 0 Å². The molecule has 0 amide bonds. The molecule has 3 nitrogen and oxygen atoms in total. The zero-order valence-corrected chi connectivity index (χ0v) is 13.2. The van der Waals surface area contributed by atoms with Gasteiger partial charge in [0.25, 0.3) is 0 Å². The normalized spacial score (nSPS) is 27.7. The molecule has 1 fully saturated rings. The van der Waals surface area contributed by atoms with Gasteiger partial charge >= 0.3 is 5.97 Å². The highest BCUT2D eigenvalue weighted by atomic mass is 16.5. The largest absolute Gasteiger partial charge is 0.464 e. The highest BCUT2D eigenvalue weighted by Gasteiger charge is 2.43. The fourth-order valence-electron chi connectivity index (χ4n) is 3.17. The predicted octanol–water partition coefficient (Wildman–Crippen LogP) is 3.54. The summed E-state index contributed by atoms with van der Waals surface area (Å²) in [6, 6.07) is 0. The summed E-state index contributed by atoms with van der Waals surface area (Å²) < 4.78 is 4.99. The number of carbonyl (C=O) groups excluding carboxylic acids is 1. The van der Waals surface area contributed by atoms with E-state index in [2.05, 4.69) is 20.8 Å². The van der Waals surface area contributed by atoms with Gasteiger partial charge in [0.05, 0.1) is 6.61 Å². The van der Waals surface area contributed by atoms with Crippen LogP contribution in [0.25, 0.3) is 0 Å². The maximum Gasteiger partial charge on any atom is 0.338 e. The first kappa shape index (κ1) is 16.5. The summed E-state index contributed by atoms with van der Waals surface area (Å²) in [6.07, 6.45) is 5.21. The van der Waals surface area contributed by atoms with Crippen LogP contribution in [0, 0.1) is 17.3 Å². The van der Waals surface area contributed by atoms with Crippen LogP contribution < -0.4 is 0 Å². The Morgan fingerprint density at radius 1 is 1.11 bits per heavy atom. The summed E-state index contributed by atoms with van der Waals surface area (Å²) in [5, 5.41) is 10.4. The van der Waals surface area contributed by atoms with Gasteiger partial charge in [-0.15, -0.1) is 0 Å². The van der Waals surface area contributed by atoms with Crippen LogP contribution in [0.4, 0.5) is 0 Å². The van der Waals surface area contributed by atoms with Crippen LogP contribution >= 0.6 is 0 Å². The van der Waals surface area contributed by atoms with Crippen molar-refractivity contribution in [2.24, 2.45) is 17.3 Å². The molecule has 1 saturated carbocycles. The third kappa shape index (κ3) is 3.71. The number of hydrogen-bond donors (Lipinski definition) is 1. The molecule has 19 heavy (non-hydrogen) atoms. The van der Waals surface area contributed by atoms with Gasteiger partial charge in [-0.3, -0.25) is 0 Å². The molecule has 1 rings (SSSR count). The molecule has 0 spiro atoms. The number of esters is 1. The van der Waals surface area contributed by atoms with Crippen molar-refractivity contribution >= 4 is 5.97 Å². The molecule has 1 unspecified atom stereocenters. The summed E-state index contributed by atoms with van der Waals surface area (Å²) in [4.78, 5) is 11.8. The molecule has 1 aliphatic carbocycles. The molecule has 0 bridgehead atoms. The van der Waals surface area contributed by atoms with Crippen molar-refractivity contribution in [1.29, 1.82) is 0 Å². The molecule has 0 aromatic carbocycles. The summed E-state index contributed by atoms with van der Waals surface area (Å²) in [5.74, 6) is 0.274. The Bertz CT molecular complexity index is 299. The molecule has 112 valence electrons. The Hall–Kier alpha value is -0.570. The average molecular weight is 270 g/mol. The smallest absolute Gasteiger partial charge is 0.338 e. The highest BCUT2D eigenvalue weighted by molar-refractivity contribution is 5.79. The van der Waals surface area contributed by atoms with E-state index >= 15 is 0 Å². The first-order chi connectivity index (χ1) is 8.75. The Kier molecular flexibility index (Phi) is 5.43. The summed E-state index contributed by atoms with van der Waals surface area (Å²) >= 11 is 0. The highest BCUT2D eigenvalue weighted by Crippen LogP contribution is 2.44. The van der Waals surface area contributed by atoms with E-state index in [1.807, 2.05) is 0 Å². The molecule has 0 radical (unpaired) electrons. The number of rotatable bonds is 5. The molecule has 1 N–H and O–H groups in total. The van der Waals surface area contributed by atoms with E-state index in [1.165, 1.54) is 6.42 Å². The van der Waals surface area contributed by atoms with Crippen molar-refractivity contribution in [3.8, 4) is 0 Å². The van der Waals surface area contributed by atoms with E-state index in [1.54, 1.807) is 13.8 Å². The van der Waals surface area contributed by atoms with E-state index in [9.17, 15) is 9.90 Å². The van der Waals surface area contributed by atoms with E-state index in [0.29, 0.717) is 17.9 Å². The predicted molar refractivity (Wildman–Crippen MR) is 76.8 cm³/mol. The summed E-state index contributed by atoms with van der Waals surface area (Å²) in [7, 11) is 0. The quantitative estimate of drug-likeness (QED) is 0.777. The zero-order chi connectivity index (χ0) is 14.7. The SMILES string of the molecule is CCOC(=O)C(C)(O)C1CCC(C(C)(C)CC)CC1. The van der Waals surface area contributed by atoms with Crippen LogP contribution in [-0.2, 0) is 9.53 Å². The summed E-state index contributed by atoms with van der Waals surface area (Å²) in [6.45, 7) is 10.6. The average Bonchev–Trinajstić information content (AvgIpc) is 2.39. The van der Waals surface area contributed by atoms with Crippen LogP contribution in [0.2, 0.25) is 0 Å². The number of ether oxygens (including phenoxy) is 1. The van der Waals surface area contributed by atoms with Crippen molar-refractivity contribution in [1.82, 2.24) is 0 Å². The standard InChI is InChI=1S/C16H30O3/c1-6-15(3,4)12-8-10-13(11-9-12)16(5,18)14(17)19-7-2/h12-13,18H,6-11H2,1-5H3. The third-order valence-corrected chi connectivity index (χ3v) is 5.23. The van der Waals surface area contributed by atoms with Gasteiger partial charge in [-0.1, -0.05) is 27.2 Å². The molecule has 1 atom stereocenters. The van der Waals surface area contributed by atoms with Gasteiger partial charge in [-0.2, -0.15) is 0 Å². The van der Waals surface area contributed by atoms with Crippen molar-refractivity contribution in [3.05, 3.63) is 0 Å². The Morgan fingerprint density at radius 2 is 1.58 bits per heavy atom. The minimum Gasteiger partial charge on any atom is -0.464 e. The minimum atomic E-state index is -1.32. The minimum absolute atomic E-state index is 0.0375. The lowest BCUT2D eigenvalue weighted by Crippen LogP contribution is -2.46. The molecule has 0 heterocycles. The van der Waals surface area contributed by atoms with Crippen molar-refractivity contribution < 1.29 is 14.6 Å². The molecule has 0 saturated heterocycles. The lowest BCUT2D eigenvalue weighted by Gasteiger charge is -2.42. The number of hydrogen-bond acceptors (Lipinski definition) is 3. The summed E-state index contributed by atoms with van der Waals surface area (Å²) in [5.41, 5.74) is -0.960. The number of aliphatic hydroxyl groups is 1. The lowest BCUT2D eigenvalue weighted by atomic mass is 9.65. The Morgan fingerprint density at radius 3 is 2.00 bits per heavy atom.